The highest BCUT2D eigenvalue weighted by Gasteiger charge is 2.15. The van der Waals surface area contributed by atoms with Gasteiger partial charge in [-0.2, -0.15) is 0 Å². The van der Waals surface area contributed by atoms with Crippen LogP contribution >= 0.6 is 38.6 Å². The van der Waals surface area contributed by atoms with E-state index in [2.05, 4.69) is 300 Å². The number of hydrogen-bond acceptors (Lipinski definition) is 2. The van der Waals surface area contributed by atoms with Crippen LogP contribution in [0.2, 0.25) is 0 Å². The largest absolute Gasteiger partial charge is 0.317 e. The average Bonchev–Trinajstić information content (AvgIpc) is 4.49. The van der Waals surface area contributed by atoms with E-state index in [0.717, 1.165) is 10.9 Å². The molecule has 0 bridgehead atoms. The Morgan fingerprint density at radius 2 is 0.753 bits per heavy atom. The molecule has 0 spiro atoms. The number of rotatable bonds is 3. The third kappa shape index (κ3) is 8.24. The highest BCUT2D eigenvalue weighted by atomic mass is 79.9. The molecule has 0 saturated heterocycles. The molecule has 3 aromatic heterocycles. The van der Waals surface area contributed by atoms with Gasteiger partial charge in [-0.3, -0.25) is 0 Å². The van der Waals surface area contributed by atoms with Gasteiger partial charge in [-0.15, -0.1) is 22.7 Å². The summed E-state index contributed by atoms with van der Waals surface area (Å²) >= 11 is 7.36. The van der Waals surface area contributed by atoms with Gasteiger partial charge < -0.3 is 4.57 Å². The summed E-state index contributed by atoms with van der Waals surface area (Å²) in [4.78, 5) is 0. The molecule has 0 amide bonds. The first-order valence-corrected chi connectivity index (χ1v) is 30.0. The fourth-order valence-corrected chi connectivity index (χ4v) is 15.4. The van der Waals surface area contributed by atoms with Gasteiger partial charge in [-0.25, -0.2) is 0 Å². The Bertz CT molecular complexity index is 5350. The lowest BCUT2D eigenvalue weighted by Gasteiger charge is -2.13. The number of fused-ring (bicyclic) bond motifs is 20. The molecule has 0 radical (unpaired) electrons. The van der Waals surface area contributed by atoms with Crippen molar-refractivity contribution in [2.24, 2.45) is 0 Å². The Labute approximate surface area is 484 Å². The molecule has 0 saturated carbocycles. The molecule has 1 aliphatic carbocycles. The van der Waals surface area contributed by atoms with Gasteiger partial charge in [0.25, 0.3) is 0 Å². The fraction of sp³-hybridized carbons (Fsp3) is 0.0130. The zero-order valence-electron chi connectivity index (χ0n) is 43.9. The molecule has 0 N–H and O–H groups in total. The number of hydrogen-bond donors (Lipinski definition) is 0. The van der Waals surface area contributed by atoms with Crippen molar-refractivity contribution in [3.05, 3.63) is 289 Å². The van der Waals surface area contributed by atoms with Crippen molar-refractivity contribution in [2.45, 2.75) is 6.42 Å². The van der Waals surface area contributed by atoms with Crippen LogP contribution in [0, 0.1) is 0 Å². The summed E-state index contributed by atoms with van der Waals surface area (Å²) in [5.74, 6) is 0. The summed E-state index contributed by atoms with van der Waals surface area (Å²) in [5, 5.41) is 22.5. The van der Waals surface area contributed by atoms with E-state index in [4.69, 9.17) is 0 Å². The van der Waals surface area contributed by atoms with E-state index in [1.807, 2.05) is 22.7 Å². The Hall–Kier alpha value is -9.16. The fourth-order valence-electron chi connectivity index (χ4n) is 12.7. The Kier molecular flexibility index (Phi) is 11.6. The zero-order valence-corrected chi connectivity index (χ0v) is 47.1. The molecule has 81 heavy (non-hydrogen) atoms. The van der Waals surface area contributed by atoms with Crippen LogP contribution in [0.5, 0.6) is 0 Å². The maximum Gasteiger partial charge on any atom is 0.0535 e. The van der Waals surface area contributed by atoms with E-state index in [9.17, 15) is 0 Å². The molecule has 4 heteroatoms. The van der Waals surface area contributed by atoms with Crippen molar-refractivity contribution in [3.63, 3.8) is 0 Å². The second-order valence-corrected chi connectivity index (χ2v) is 24.3. The van der Waals surface area contributed by atoms with Crippen LogP contribution in [0.4, 0.5) is 0 Å². The second kappa shape index (κ2) is 19.6. The van der Waals surface area contributed by atoms with Crippen LogP contribution in [0.15, 0.2) is 278 Å². The van der Waals surface area contributed by atoms with Gasteiger partial charge in [0.1, 0.15) is 0 Å². The number of halogens is 1. The first-order chi connectivity index (χ1) is 40.0. The van der Waals surface area contributed by atoms with Gasteiger partial charge in [0.2, 0.25) is 0 Å². The summed E-state index contributed by atoms with van der Waals surface area (Å²) in [6.45, 7) is 0. The van der Waals surface area contributed by atoms with Crippen molar-refractivity contribution in [3.8, 4) is 27.9 Å². The summed E-state index contributed by atoms with van der Waals surface area (Å²) in [6.07, 6.45) is 7.78. The maximum atomic E-state index is 3.58. The molecule has 0 fully saturated rings. The molecule has 1 aliphatic rings. The molecule has 3 heterocycles. The molecule has 380 valence electrons. The maximum absolute atomic E-state index is 3.58. The lowest BCUT2D eigenvalue weighted by molar-refractivity contribution is 1.13. The first-order valence-electron chi connectivity index (χ1n) is 27.6. The highest BCUT2D eigenvalue weighted by Crippen LogP contribution is 2.42. The van der Waals surface area contributed by atoms with Gasteiger partial charge in [0.05, 0.1) is 5.52 Å². The van der Waals surface area contributed by atoms with E-state index in [-0.39, 0.29) is 0 Å². The van der Waals surface area contributed by atoms with Crippen LogP contribution in [-0.4, -0.2) is 4.57 Å². The molecule has 18 rings (SSSR count). The quantitative estimate of drug-likeness (QED) is 0.155. The van der Waals surface area contributed by atoms with Crippen molar-refractivity contribution in [1.82, 2.24) is 4.57 Å². The molecular weight excluding hydrogens is 1080 g/mol. The Morgan fingerprint density at radius 1 is 0.309 bits per heavy atom. The number of aromatic nitrogens is 1. The minimum absolute atomic E-state index is 1.10. The van der Waals surface area contributed by atoms with Gasteiger partial charge >= 0.3 is 0 Å². The van der Waals surface area contributed by atoms with Crippen LogP contribution in [0.3, 0.4) is 0 Å². The number of nitrogens with zero attached hydrogens (tertiary/aromatic N) is 1. The predicted molar refractivity (Wildman–Crippen MR) is 358 cm³/mol. The normalized spacial score (nSPS) is 12.2. The molecule has 1 nitrogen and oxygen atoms in total. The second-order valence-electron chi connectivity index (χ2n) is 21.2. The third-order valence-electron chi connectivity index (χ3n) is 16.6. The van der Waals surface area contributed by atoms with Crippen LogP contribution in [-0.2, 0) is 6.42 Å². The molecule has 14 aromatic carbocycles. The van der Waals surface area contributed by atoms with Crippen molar-refractivity contribution < 1.29 is 0 Å². The van der Waals surface area contributed by atoms with Gasteiger partial charge in [0.15, 0.2) is 0 Å². The van der Waals surface area contributed by atoms with Gasteiger partial charge in [0, 0.05) is 62.1 Å². The zero-order chi connectivity index (χ0) is 53.5. The molecule has 0 aliphatic heterocycles. The molecule has 17 aromatic rings. The first kappa shape index (κ1) is 47.8. The Balaban J connectivity index is 0.000000112. The lowest BCUT2D eigenvalue weighted by Crippen LogP contribution is -1.92. The van der Waals surface area contributed by atoms with E-state index >= 15 is 0 Å². The lowest BCUT2D eigenvalue weighted by atomic mass is 9.92. The van der Waals surface area contributed by atoms with E-state index in [1.54, 1.807) is 0 Å². The topological polar surface area (TPSA) is 4.93 Å². The monoisotopic (exact) mass is 1130 g/mol. The standard InChI is InChI=1S/C38H23NS.C24H15Br.C15H10S/c1-2-12-30-28(10-1)29-11-3-4-13-31(29)34-21-25(16-17-32(30)34)24-8-7-9-27(20-24)39-19-18-26-22-38-35(23-36(26)39)33-14-5-6-15-37(33)40-38;25-18-7-5-6-16(14-18)17-12-13-23-21-10-2-1-8-19(21)20-9-3-4-11-22(20)24(23)15-17;1-2-7-14-12(6-1)13-8-10-4-3-5-11(10)9-15(13)16-14/h1-23H;1-15H;1-4,6-9H,5H2. The minimum atomic E-state index is 1.10. The number of benzene rings is 14. The van der Waals surface area contributed by atoms with Crippen molar-refractivity contribution >= 4 is 161 Å². The highest BCUT2D eigenvalue weighted by molar-refractivity contribution is 9.10. The summed E-state index contributed by atoms with van der Waals surface area (Å²) in [6, 6.07) is 95.2. The Morgan fingerprint density at radius 3 is 1.30 bits per heavy atom. The third-order valence-corrected chi connectivity index (χ3v) is 19.3. The van der Waals surface area contributed by atoms with Crippen LogP contribution in [0.25, 0.3) is 150 Å². The predicted octanol–water partition coefficient (Wildman–Crippen LogP) is 23.3. The molecular formula is C77H48BrNS2. The minimum Gasteiger partial charge on any atom is -0.317 e. The summed E-state index contributed by atoms with van der Waals surface area (Å²) in [7, 11) is 0. The van der Waals surface area contributed by atoms with Crippen LogP contribution < -0.4 is 0 Å². The molecule has 0 atom stereocenters. The SMILES string of the molecule is Brc1cccc(-c2ccc3c4ccccc4c4ccccc4c3c2)c1.C1=Cc2cc3c(cc2C1)sc1ccccc13.c1cc(-c2ccc3c4ccccc4c4ccccc4c3c2)cc(-n2ccc3cc4sc5ccccc5c4cc32)c1. The van der Waals surface area contributed by atoms with Gasteiger partial charge in [-0.05, 0) is 183 Å². The smallest absolute Gasteiger partial charge is 0.0535 e. The molecule has 0 unspecified atom stereocenters. The van der Waals surface area contributed by atoms with E-state index < -0.39 is 0 Å². The number of allylic oxidation sites excluding steroid dienone is 1. The van der Waals surface area contributed by atoms with Crippen molar-refractivity contribution in [2.75, 3.05) is 0 Å². The van der Waals surface area contributed by atoms with E-state index in [0.29, 0.717) is 0 Å². The van der Waals surface area contributed by atoms with E-state index in [1.165, 1.54) is 155 Å². The number of thiophene rings is 2. The van der Waals surface area contributed by atoms with Crippen LogP contribution in [0.1, 0.15) is 11.1 Å². The summed E-state index contributed by atoms with van der Waals surface area (Å²) in [5.41, 5.74) is 10.2. The average molecular weight is 1130 g/mol. The van der Waals surface area contributed by atoms with Gasteiger partial charge in [-0.1, -0.05) is 210 Å². The van der Waals surface area contributed by atoms with Crippen molar-refractivity contribution in [1.29, 1.82) is 0 Å². The summed E-state index contributed by atoms with van der Waals surface area (Å²) < 4.78 is 8.93.